The van der Waals surface area contributed by atoms with Crippen LogP contribution in [-0.2, 0) is 0 Å². The van der Waals surface area contributed by atoms with E-state index in [0.717, 1.165) is 18.5 Å². The number of aliphatic hydroxyl groups excluding tert-OH is 1. The van der Waals surface area contributed by atoms with Gasteiger partial charge in [-0.2, -0.15) is 0 Å². The first kappa shape index (κ1) is 12.1. The molecule has 0 radical (unpaired) electrons. The molecule has 17 heavy (non-hydrogen) atoms. The lowest BCUT2D eigenvalue weighted by Crippen LogP contribution is -2.40. The first-order valence-corrected chi connectivity index (χ1v) is 6.07. The summed E-state index contributed by atoms with van der Waals surface area (Å²) in [4.78, 5) is 2.29. The molecule has 1 aromatic rings. The number of hydrogen-bond donors (Lipinski definition) is 1. The largest absolute Gasteiger partial charge is 0.394 e. The van der Waals surface area contributed by atoms with Crippen LogP contribution in [0.5, 0.6) is 0 Å². The highest BCUT2D eigenvalue weighted by atomic mass is 16.3. The lowest BCUT2D eigenvalue weighted by Gasteiger charge is -2.36. The first-order valence-electron chi connectivity index (χ1n) is 6.07. The molecular formula is C15H19NO. The van der Waals surface area contributed by atoms with Crippen LogP contribution in [0.15, 0.2) is 55.1 Å². The molecule has 0 aliphatic carbocycles. The molecule has 2 rings (SSSR count). The van der Waals surface area contributed by atoms with E-state index in [1.165, 1.54) is 0 Å². The van der Waals surface area contributed by atoms with Crippen LogP contribution in [0.3, 0.4) is 0 Å². The van der Waals surface area contributed by atoms with Gasteiger partial charge in [-0.1, -0.05) is 48.6 Å². The van der Waals surface area contributed by atoms with Crippen molar-refractivity contribution in [1.29, 1.82) is 0 Å². The third kappa shape index (κ3) is 2.65. The summed E-state index contributed by atoms with van der Waals surface area (Å²) in [5.41, 5.74) is 1.16. The first-order chi connectivity index (χ1) is 8.36. The fourth-order valence-corrected chi connectivity index (χ4v) is 2.37. The normalized spacial score (nSPS) is 22.3. The van der Waals surface area contributed by atoms with Gasteiger partial charge < -0.3 is 5.11 Å². The Hall–Kier alpha value is -1.38. The molecule has 1 aromatic carbocycles. The van der Waals surface area contributed by atoms with Crippen LogP contribution in [0.25, 0.3) is 0 Å². The third-order valence-electron chi connectivity index (χ3n) is 3.27. The van der Waals surface area contributed by atoms with E-state index in [1.807, 2.05) is 24.3 Å². The number of benzene rings is 1. The minimum Gasteiger partial charge on any atom is -0.394 e. The molecule has 90 valence electrons. The average molecular weight is 229 g/mol. The fraction of sp³-hybridized carbons (Fsp3) is 0.333. The fourth-order valence-electron chi connectivity index (χ4n) is 2.37. The summed E-state index contributed by atoms with van der Waals surface area (Å²) in [5.74, 6) is 0. The van der Waals surface area contributed by atoms with Crippen molar-refractivity contribution in [3.63, 3.8) is 0 Å². The summed E-state index contributed by atoms with van der Waals surface area (Å²) >= 11 is 0. The molecule has 0 amide bonds. The second-order valence-corrected chi connectivity index (χ2v) is 4.29. The molecule has 0 bridgehead atoms. The predicted octanol–water partition coefficient (Wildman–Crippen LogP) is 2.54. The highest BCUT2D eigenvalue weighted by Crippen LogP contribution is 2.25. The number of nitrogens with zero attached hydrogens (tertiary/aromatic N) is 1. The maximum Gasteiger partial charge on any atom is 0.0628 e. The number of rotatable bonds is 4. The molecule has 1 aliphatic rings. The van der Waals surface area contributed by atoms with Crippen LogP contribution in [0.1, 0.15) is 18.0 Å². The summed E-state index contributed by atoms with van der Waals surface area (Å²) < 4.78 is 0. The Morgan fingerprint density at radius 1 is 1.41 bits per heavy atom. The van der Waals surface area contributed by atoms with Crippen LogP contribution in [0, 0.1) is 0 Å². The highest BCUT2D eigenvalue weighted by Gasteiger charge is 2.25. The van der Waals surface area contributed by atoms with Gasteiger partial charge in [-0.3, -0.25) is 4.90 Å². The van der Waals surface area contributed by atoms with E-state index >= 15 is 0 Å². The van der Waals surface area contributed by atoms with E-state index in [4.69, 9.17) is 0 Å². The van der Waals surface area contributed by atoms with Crippen LogP contribution < -0.4 is 0 Å². The smallest absolute Gasteiger partial charge is 0.0628 e. The monoisotopic (exact) mass is 229 g/mol. The second-order valence-electron chi connectivity index (χ2n) is 4.29. The quantitative estimate of drug-likeness (QED) is 0.802. The molecule has 0 fully saturated rings. The van der Waals surface area contributed by atoms with E-state index in [9.17, 15) is 5.11 Å². The Labute approximate surface area is 103 Å². The van der Waals surface area contributed by atoms with E-state index in [-0.39, 0.29) is 18.7 Å². The topological polar surface area (TPSA) is 23.5 Å². The lowest BCUT2D eigenvalue weighted by molar-refractivity contribution is 0.111. The summed E-state index contributed by atoms with van der Waals surface area (Å²) in [5, 5.41) is 9.64. The molecule has 2 heteroatoms. The van der Waals surface area contributed by atoms with E-state index in [0.29, 0.717) is 0 Å². The van der Waals surface area contributed by atoms with E-state index < -0.39 is 0 Å². The van der Waals surface area contributed by atoms with Gasteiger partial charge in [0.25, 0.3) is 0 Å². The lowest BCUT2D eigenvalue weighted by atomic mass is 10.0. The van der Waals surface area contributed by atoms with Gasteiger partial charge in [0.05, 0.1) is 12.6 Å². The zero-order chi connectivity index (χ0) is 12.1. The maximum atomic E-state index is 9.64. The van der Waals surface area contributed by atoms with E-state index in [2.05, 4.69) is 35.8 Å². The number of hydrogen-bond acceptors (Lipinski definition) is 2. The standard InChI is InChI=1S/C15H19NO/c1-2-14-10-6-7-11-16(14)15(12-17)13-8-4-3-5-9-13/h2-6,8-10,14-15,17H,1,7,11-12H2/t14-,15-/m0/s1. The maximum absolute atomic E-state index is 9.64. The molecule has 2 nitrogen and oxygen atoms in total. The molecule has 1 N–H and O–H groups in total. The van der Waals surface area contributed by atoms with Crippen molar-refractivity contribution in [3.05, 3.63) is 60.7 Å². The predicted molar refractivity (Wildman–Crippen MR) is 70.7 cm³/mol. The highest BCUT2D eigenvalue weighted by molar-refractivity contribution is 5.21. The van der Waals surface area contributed by atoms with Gasteiger partial charge in [0, 0.05) is 12.6 Å². The number of aliphatic hydroxyl groups is 1. The summed E-state index contributed by atoms with van der Waals surface area (Å²) in [6.07, 6.45) is 7.30. The molecule has 0 saturated heterocycles. The van der Waals surface area contributed by atoms with Crippen molar-refractivity contribution < 1.29 is 5.11 Å². The molecule has 0 spiro atoms. The van der Waals surface area contributed by atoms with E-state index in [1.54, 1.807) is 0 Å². The third-order valence-corrected chi connectivity index (χ3v) is 3.27. The van der Waals surface area contributed by atoms with Crippen molar-refractivity contribution in [2.75, 3.05) is 13.2 Å². The van der Waals surface area contributed by atoms with Crippen molar-refractivity contribution in [3.8, 4) is 0 Å². The SMILES string of the molecule is C=C[C@H]1C=CCCN1[C@@H](CO)c1ccccc1. The Bertz CT molecular complexity index is 385. The van der Waals surface area contributed by atoms with Crippen LogP contribution in [0.2, 0.25) is 0 Å². The van der Waals surface area contributed by atoms with Gasteiger partial charge in [0.1, 0.15) is 0 Å². The molecule has 0 saturated carbocycles. The molecular weight excluding hydrogens is 210 g/mol. The Morgan fingerprint density at radius 3 is 2.82 bits per heavy atom. The summed E-state index contributed by atoms with van der Waals surface area (Å²) in [6.45, 7) is 4.98. The average Bonchev–Trinajstić information content (AvgIpc) is 2.41. The Kier molecular flexibility index (Phi) is 4.13. The van der Waals surface area contributed by atoms with Gasteiger partial charge in [-0.05, 0) is 12.0 Å². The zero-order valence-corrected chi connectivity index (χ0v) is 10.00. The van der Waals surface area contributed by atoms with Gasteiger partial charge >= 0.3 is 0 Å². The van der Waals surface area contributed by atoms with Gasteiger partial charge in [-0.25, -0.2) is 0 Å². The molecule has 0 unspecified atom stereocenters. The Morgan fingerprint density at radius 2 is 2.18 bits per heavy atom. The molecule has 0 aromatic heterocycles. The van der Waals surface area contributed by atoms with Crippen LogP contribution >= 0.6 is 0 Å². The summed E-state index contributed by atoms with van der Waals surface area (Å²) in [7, 11) is 0. The minimum atomic E-state index is 0.0594. The second kappa shape index (κ2) is 5.80. The summed E-state index contributed by atoms with van der Waals surface area (Å²) in [6, 6.07) is 10.4. The van der Waals surface area contributed by atoms with Crippen LogP contribution in [-0.4, -0.2) is 29.2 Å². The van der Waals surface area contributed by atoms with Crippen molar-refractivity contribution in [2.24, 2.45) is 0 Å². The van der Waals surface area contributed by atoms with Gasteiger partial charge in [-0.15, -0.1) is 6.58 Å². The Balaban J connectivity index is 2.23. The minimum absolute atomic E-state index is 0.0594. The molecule has 2 atom stereocenters. The van der Waals surface area contributed by atoms with Gasteiger partial charge in [0.2, 0.25) is 0 Å². The molecule has 1 heterocycles. The van der Waals surface area contributed by atoms with Crippen molar-refractivity contribution in [2.45, 2.75) is 18.5 Å². The van der Waals surface area contributed by atoms with Crippen molar-refractivity contribution in [1.82, 2.24) is 4.90 Å². The van der Waals surface area contributed by atoms with Gasteiger partial charge in [0.15, 0.2) is 0 Å². The zero-order valence-electron chi connectivity index (χ0n) is 10.00. The van der Waals surface area contributed by atoms with Crippen molar-refractivity contribution >= 4 is 0 Å². The molecule has 1 aliphatic heterocycles. The van der Waals surface area contributed by atoms with Crippen LogP contribution in [0.4, 0.5) is 0 Å².